The molecular formula is C23H20NO4S-. The number of carbonyl (C=O) groups is 3. The maximum Gasteiger partial charge on any atom is 0.234 e. The molecule has 0 spiro atoms. The molecule has 1 saturated heterocycles. The summed E-state index contributed by atoms with van der Waals surface area (Å²) in [5, 5.41) is 11.8. The molecule has 6 rings (SSSR count). The number of hydrogen-bond donors (Lipinski definition) is 0. The molecule has 1 aliphatic heterocycles. The van der Waals surface area contributed by atoms with Gasteiger partial charge in [-0.15, -0.1) is 0 Å². The molecule has 1 fully saturated rings. The van der Waals surface area contributed by atoms with Crippen LogP contribution in [0.2, 0.25) is 0 Å². The summed E-state index contributed by atoms with van der Waals surface area (Å²) in [6.45, 7) is 0. The highest BCUT2D eigenvalue weighted by Gasteiger charge is 2.62. The number of benzene rings is 2. The Morgan fingerprint density at radius 2 is 1.34 bits per heavy atom. The number of likely N-dealkylation sites (tertiary alicyclic amines) is 1. The molecule has 1 heterocycles. The van der Waals surface area contributed by atoms with E-state index in [1.165, 1.54) is 11.8 Å². The van der Waals surface area contributed by atoms with Crippen molar-refractivity contribution in [2.45, 2.75) is 24.3 Å². The number of amides is 2. The van der Waals surface area contributed by atoms with Gasteiger partial charge >= 0.3 is 0 Å². The van der Waals surface area contributed by atoms with E-state index in [0.29, 0.717) is 5.75 Å². The van der Waals surface area contributed by atoms with Gasteiger partial charge < -0.3 is 9.90 Å². The molecule has 0 unspecified atom stereocenters. The van der Waals surface area contributed by atoms with E-state index in [0.717, 1.165) is 27.2 Å². The van der Waals surface area contributed by atoms with Crippen LogP contribution < -0.4 is 5.11 Å². The van der Waals surface area contributed by atoms with Crippen molar-refractivity contribution >= 4 is 29.5 Å². The lowest BCUT2D eigenvalue weighted by Gasteiger charge is -2.45. The summed E-state index contributed by atoms with van der Waals surface area (Å²) in [5.41, 5.74) is 4.31. The topological polar surface area (TPSA) is 77.5 Å². The van der Waals surface area contributed by atoms with Crippen molar-refractivity contribution in [3.63, 3.8) is 0 Å². The Hall–Kier alpha value is -2.60. The number of carboxylic acid groups (broad SMARTS) is 1. The highest BCUT2D eigenvalue weighted by atomic mass is 32.2. The maximum absolute atomic E-state index is 13.5. The van der Waals surface area contributed by atoms with Crippen molar-refractivity contribution in [1.82, 2.24) is 4.90 Å². The van der Waals surface area contributed by atoms with Crippen molar-refractivity contribution in [1.29, 1.82) is 0 Å². The minimum Gasteiger partial charge on any atom is -0.548 e. The predicted octanol–water partition coefficient (Wildman–Crippen LogP) is 1.75. The van der Waals surface area contributed by atoms with Crippen LogP contribution in [-0.4, -0.2) is 40.7 Å². The minimum atomic E-state index is -1.36. The molecule has 29 heavy (non-hydrogen) atoms. The van der Waals surface area contributed by atoms with Gasteiger partial charge in [0.25, 0.3) is 0 Å². The Kier molecular flexibility index (Phi) is 4.28. The molecule has 148 valence electrons. The molecule has 3 aliphatic carbocycles. The molecule has 6 heteroatoms. The summed E-state index contributed by atoms with van der Waals surface area (Å²) in [4.78, 5) is 39.8. The Labute approximate surface area is 173 Å². The molecule has 2 bridgehead atoms. The molecular weight excluding hydrogens is 386 g/mol. The molecule has 0 aromatic heterocycles. The maximum atomic E-state index is 13.5. The van der Waals surface area contributed by atoms with Gasteiger partial charge in [-0.2, -0.15) is 11.8 Å². The molecule has 4 aliphatic rings. The molecule has 2 amide bonds. The lowest BCUT2D eigenvalue weighted by Crippen LogP contribution is -2.51. The summed E-state index contributed by atoms with van der Waals surface area (Å²) >= 11 is 1.49. The average Bonchev–Trinajstić information content (AvgIpc) is 3.00. The van der Waals surface area contributed by atoms with Gasteiger partial charge in [-0.25, -0.2) is 0 Å². The van der Waals surface area contributed by atoms with Crippen LogP contribution in [0.1, 0.15) is 40.5 Å². The molecule has 2 aromatic rings. The van der Waals surface area contributed by atoms with Crippen LogP contribution in [0.15, 0.2) is 48.5 Å². The zero-order valence-electron chi connectivity index (χ0n) is 15.9. The molecule has 3 atom stereocenters. The Balaban J connectivity index is 1.65. The second-order valence-electron chi connectivity index (χ2n) is 7.93. The second kappa shape index (κ2) is 6.73. The third-order valence-electron chi connectivity index (χ3n) is 6.66. The van der Waals surface area contributed by atoms with Crippen molar-refractivity contribution in [3.05, 3.63) is 70.8 Å². The van der Waals surface area contributed by atoms with Crippen LogP contribution in [-0.2, 0) is 14.4 Å². The van der Waals surface area contributed by atoms with Gasteiger partial charge in [0.1, 0.15) is 0 Å². The van der Waals surface area contributed by atoms with Crippen molar-refractivity contribution in [2.24, 2.45) is 11.8 Å². The average molecular weight is 406 g/mol. The van der Waals surface area contributed by atoms with Gasteiger partial charge in [0.15, 0.2) is 0 Å². The highest BCUT2D eigenvalue weighted by Crippen LogP contribution is 2.61. The van der Waals surface area contributed by atoms with E-state index in [-0.39, 0.29) is 30.1 Å². The lowest BCUT2D eigenvalue weighted by atomic mass is 9.55. The smallest absolute Gasteiger partial charge is 0.234 e. The van der Waals surface area contributed by atoms with E-state index in [2.05, 4.69) is 0 Å². The number of aliphatic carboxylic acids is 1. The van der Waals surface area contributed by atoms with Crippen LogP contribution in [0.25, 0.3) is 0 Å². The lowest BCUT2D eigenvalue weighted by molar-refractivity contribution is -0.311. The SMILES string of the molecule is CSCC[C@H](C(=O)[O-])N1C(=O)[C@@H]2C3c4ccccc4C(c4ccccc43)[C@@H]2C1=O. The minimum absolute atomic E-state index is 0.204. The van der Waals surface area contributed by atoms with Crippen LogP contribution in [0.4, 0.5) is 0 Å². The van der Waals surface area contributed by atoms with Crippen LogP contribution >= 0.6 is 11.8 Å². The van der Waals surface area contributed by atoms with E-state index in [1.54, 1.807) is 0 Å². The van der Waals surface area contributed by atoms with Crippen LogP contribution in [0.5, 0.6) is 0 Å². The fourth-order valence-corrected chi connectivity index (χ4v) is 6.05. The molecule has 2 aromatic carbocycles. The largest absolute Gasteiger partial charge is 0.548 e. The van der Waals surface area contributed by atoms with Gasteiger partial charge in [0, 0.05) is 11.8 Å². The summed E-state index contributed by atoms with van der Waals surface area (Å²) in [7, 11) is 0. The number of hydrogen-bond acceptors (Lipinski definition) is 5. The van der Waals surface area contributed by atoms with Gasteiger partial charge in [-0.05, 0) is 40.7 Å². The van der Waals surface area contributed by atoms with E-state index in [9.17, 15) is 19.5 Å². The molecule has 0 N–H and O–H groups in total. The quantitative estimate of drug-likeness (QED) is 0.707. The van der Waals surface area contributed by atoms with Gasteiger partial charge in [-0.1, -0.05) is 48.5 Å². The standard InChI is InChI=1S/C23H21NO4S/c1-29-11-10-16(23(27)28)24-21(25)19-17-12-6-2-3-7-13(12)18(20(19)22(24)26)15-9-5-4-8-14(15)17/h2-9,16-20H,10-11H2,1H3,(H,27,28)/p-1/t16-,17?,18?,19-,20+/m1/s1. The summed E-state index contributed by atoms with van der Waals surface area (Å²) < 4.78 is 0. The number of rotatable bonds is 5. The Morgan fingerprint density at radius 3 is 1.69 bits per heavy atom. The van der Waals surface area contributed by atoms with Crippen LogP contribution in [0, 0.1) is 11.8 Å². The number of carbonyl (C=O) groups excluding carboxylic acids is 3. The summed E-state index contributed by atoms with van der Waals surface area (Å²) in [5.74, 6) is -3.09. The first-order chi connectivity index (χ1) is 14.1. The number of thioether (sulfide) groups is 1. The fraction of sp³-hybridized carbons (Fsp3) is 0.348. The Bertz CT molecular complexity index is 920. The molecule has 5 nitrogen and oxygen atoms in total. The van der Waals surface area contributed by atoms with Crippen molar-refractivity contribution in [3.8, 4) is 0 Å². The van der Waals surface area contributed by atoms with E-state index < -0.39 is 23.8 Å². The normalized spacial score (nSPS) is 27.4. The van der Waals surface area contributed by atoms with Crippen LogP contribution in [0.3, 0.4) is 0 Å². The van der Waals surface area contributed by atoms with Gasteiger partial charge in [0.2, 0.25) is 11.8 Å². The number of carboxylic acids is 1. The summed E-state index contributed by atoms with van der Waals surface area (Å²) in [6.07, 6.45) is 2.07. The van der Waals surface area contributed by atoms with Crippen molar-refractivity contribution in [2.75, 3.05) is 12.0 Å². The van der Waals surface area contributed by atoms with Crippen molar-refractivity contribution < 1.29 is 19.5 Å². The molecule has 0 radical (unpaired) electrons. The first kappa shape index (κ1) is 18.4. The summed E-state index contributed by atoms with van der Waals surface area (Å²) in [6, 6.07) is 14.7. The molecule has 0 saturated carbocycles. The second-order valence-corrected chi connectivity index (χ2v) is 8.91. The Morgan fingerprint density at radius 1 is 0.931 bits per heavy atom. The fourth-order valence-electron chi connectivity index (χ4n) is 5.59. The number of nitrogens with zero attached hydrogens (tertiary/aromatic N) is 1. The van der Waals surface area contributed by atoms with Gasteiger partial charge in [-0.3, -0.25) is 14.5 Å². The zero-order chi connectivity index (χ0) is 20.3. The highest BCUT2D eigenvalue weighted by molar-refractivity contribution is 7.98. The third-order valence-corrected chi connectivity index (χ3v) is 7.31. The zero-order valence-corrected chi connectivity index (χ0v) is 16.7. The first-order valence-electron chi connectivity index (χ1n) is 9.80. The van der Waals surface area contributed by atoms with E-state index in [1.807, 2.05) is 54.8 Å². The first-order valence-corrected chi connectivity index (χ1v) is 11.2. The number of imide groups is 1. The monoisotopic (exact) mass is 406 g/mol. The van der Waals surface area contributed by atoms with Gasteiger partial charge in [0.05, 0.1) is 23.8 Å². The van der Waals surface area contributed by atoms with E-state index >= 15 is 0 Å². The predicted molar refractivity (Wildman–Crippen MR) is 107 cm³/mol. The third kappa shape index (κ3) is 2.45. The van der Waals surface area contributed by atoms with E-state index in [4.69, 9.17) is 0 Å².